The van der Waals surface area contributed by atoms with E-state index in [0.717, 1.165) is 26.2 Å². The molecule has 7 heteroatoms. The van der Waals surface area contributed by atoms with Crippen molar-refractivity contribution in [2.45, 2.75) is 39.8 Å². The Hall–Kier alpha value is -2.93. The molecule has 1 N–H and O–H groups in total. The average Bonchev–Trinajstić information content (AvgIpc) is 3.28. The molecule has 0 aliphatic heterocycles. The molecule has 4 rings (SSSR count). The van der Waals surface area contributed by atoms with Crippen molar-refractivity contribution in [3.8, 4) is 0 Å². The van der Waals surface area contributed by atoms with E-state index >= 15 is 0 Å². The Kier molecular flexibility index (Phi) is 4.77. The smallest absolute Gasteiger partial charge is 0.276 e. The fraction of sp³-hybridized carbons (Fsp3) is 0.286. The number of benzene rings is 1. The van der Waals surface area contributed by atoms with Crippen LogP contribution in [-0.4, -0.2) is 15.7 Å². The number of hydrogen-bond donors (Lipinski definition) is 1. The van der Waals surface area contributed by atoms with Crippen molar-refractivity contribution in [1.29, 1.82) is 0 Å². The zero-order valence-electron chi connectivity index (χ0n) is 16.0. The van der Waals surface area contributed by atoms with Gasteiger partial charge in [0, 0.05) is 10.1 Å². The Balaban J connectivity index is 1.73. The zero-order valence-corrected chi connectivity index (χ0v) is 16.8. The minimum absolute atomic E-state index is 0.228. The number of carbonyl (C=O) groups excluding carboxylic acids is 1. The molecule has 0 spiro atoms. The highest BCUT2D eigenvalue weighted by atomic mass is 32.1. The van der Waals surface area contributed by atoms with Crippen LogP contribution in [0.5, 0.6) is 0 Å². The van der Waals surface area contributed by atoms with Gasteiger partial charge in [0.25, 0.3) is 5.56 Å². The summed E-state index contributed by atoms with van der Waals surface area (Å²) in [4.78, 5) is 26.1. The SMILES string of the molecule is CC[C@@H](C(=O)NCc1ccc(C)o1)n1nc(C)c2sc3ccccc3c2c1=O. The normalized spacial score (nSPS) is 12.5. The van der Waals surface area contributed by atoms with E-state index in [-0.39, 0.29) is 18.0 Å². The summed E-state index contributed by atoms with van der Waals surface area (Å²) in [6.45, 7) is 5.89. The van der Waals surface area contributed by atoms with E-state index in [0.29, 0.717) is 17.6 Å². The molecule has 0 aliphatic carbocycles. The third-order valence-electron chi connectivity index (χ3n) is 4.82. The van der Waals surface area contributed by atoms with Gasteiger partial charge in [0.2, 0.25) is 5.91 Å². The molecule has 0 aliphatic rings. The van der Waals surface area contributed by atoms with Crippen LogP contribution in [0.25, 0.3) is 20.2 Å². The van der Waals surface area contributed by atoms with E-state index in [1.807, 2.05) is 57.2 Å². The minimum atomic E-state index is -0.676. The van der Waals surface area contributed by atoms with Crippen LogP contribution in [0.15, 0.2) is 45.6 Å². The van der Waals surface area contributed by atoms with E-state index in [9.17, 15) is 9.59 Å². The quantitative estimate of drug-likeness (QED) is 0.552. The monoisotopic (exact) mass is 395 g/mol. The molecule has 144 valence electrons. The second-order valence-electron chi connectivity index (χ2n) is 6.79. The number of fused-ring (bicyclic) bond motifs is 3. The molecular formula is C21H21N3O3S. The summed E-state index contributed by atoms with van der Waals surface area (Å²) in [6, 6.07) is 10.8. The van der Waals surface area contributed by atoms with Crippen LogP contribution in [0.2, 0.25) is 0 Å². The first kappa shape index (κ1) is 18.4. The molecule has 0 radical (unpaired) electrons. The third kappa shape index (κ3) is 3.11. The van der Waals surface area contributed by atoms with Crippen molar-refractivity contribution in [2.75, 3.05) is 0 Å². The number of hydrogen-bond acceptors (Lipinski definition) is 5. The first-order chi connectivity index (χ1) is 13.5. The van der Waals surface area contributed by atoms with Crippen molar-refractivity contribution < 1.29 is 9.21 Å². The number of nitrogens with one attached hydrogen (secondary N) is 1. The van der Waals surface area contributed by atoms with Crippen LogP contribution >= 0.6 is 11.3 Å². The summed E-state index contributed by atoms with van der Waals surface area (Å²) in [7, 11) is 0. The van der Waals surface area contributed by atoms with E-state index in [1.54, 1.807) is 11.3 Å². The van der Waals surface area contributed by atoms with Crippen LogP contribution < -0.4 is 10.9 Å². The molecule has 28 heavy (non-hydrogen) atoms. The number of thiophene rings is 1. The van der Waals surface area contributed by atoms with Crippen molar-refractivity contribution in [2.24, 2.45) is 0 Å². The summed E-state index contributed by atoms with van der Waals surface area (Å²) >= 11 is 1.56. The molecule has 0 fully saturated rings. The summed E-state index contributed by atoms with van der Waals surface area (Å²) in [5, 5.41) is 8.89. The van der Waals surface area contributed by atoms with Crippen LogP contribution in [0, 0.1) is 13.8 Å². The van der Waals surface area contributed by atoms with Gasteiger partial charge in [-0.25, -0.2) is 4.68 Å². The summed E-state index contributed by atoms with van der Waals surface area (Å²) < 4.78 is 8.75. The van der Waals surface area contributed by atoms with E-state index in [1.165, 1.54) is 4.68 Å². The number of aromatic nitrogens is 2. The largest absolute Gasteiger partial charge is 0.465 e. The van der Waals surface area contributed by atoms with Crippen LogP contribution in [0.3, 0.4) is 0 Å². The number of amides is 1. The van der Waals surface area contributed by atoms with Gasteiger partial charge in [-0.2, -0.15) is 5.10 Å². The fourth-order valence-corrected chi connectivity index (χ4v) is 4.57. The maximum atomic E-state index is 13.2. The first-order valence-corrected chi connectivity index (χ1v) is 10.0. The highest BCUT2D eigenvalue weighted by Gasteiger charge is 2.24. The number of furan rings is 1. The fourth-order valence-electron chi connectivity index (χ4n) is 3.43. The lowest BCUT2D eigenvalue weighted by atomic mass is 10.1. The summed E-state index contributed by atoms with van der Waals surface area (Å²) in [6.07, 6.45) is 0.461. The van der Waals surface area contributed by atoms with Crippen LogP contribution in [-0.2, 0) is 11.3 Å². The lowest BCUT2D eigenvalue weighted by Crippen LogP contribution is -2.38. The zero-order chi connectivity index (χ0) is 19.8. The van der Waals surface area contributed by atoms with Gasteiger partial charge in [0.1, 0.15) is 17.6 Å². The highest BCUT2D eigenvalue weighted by Crippen LogP contribution is 2.33. The Morgan fingerprint density at radius 1 is 1.25 bits per heavy atom. The van der Waals surface area contributed by atoms with E-state index in [4.69, 9.17) is 4.42 Å². The standard InChI is InChI=1S/C21H21N3O3S/c1-4-16(20(25)22-11-14-10-9-12(2)27-14)24-21(26)18-15-7-5-6-8-17(15)28-19(18)13(3)23-24/h5-10,16H,4,11H2,1-3H3,(H,22,25)/t16-/m0/s1. The summed E-state index contributed by atoms with van der Waals surface area (Å²) in [5.74, 6) is 1.22. The second-order valence-corrected chi connectivity index (χ2v) is 7.84. The van der Waals surface area contributed by atoms with Gasteiger partial charge in [-0.05, 0) is 38.5 Å². The van der Waals surface area contributed by atoms with Gasteiger partial charge in [-0.3, -0.25) is 9.59 Å². The maximum absolute atomic E-state index is 13.2. The van der Waals surface area contributed by atoms with Gasteiger partial charge in [-0.1, -0.05) is 25.1 Å². The van der Waals surface area contributed by atoms with Crippen molar-refractivity contribution in [3.05, 3.63) is 64.0 Å². The molecule has 6 nitrogen and oxygen atoms in total. The summed E-state index contributed by atoms with van der Waals surface area (Å²) in [5.41, 5.74) is 0.526. The Morgan fingerprint density at radius 3 is 2.75 bits per heavy atom. The third-order valence-corrected chi connectivity index (χ3v) is 6.10. The van der Waals surface area contributed by atoms with Crippen LogP contribution in [0.4, 0.5) is 0 Å². The van der Waals surface area contributed by atoms with E-state index in [2.05, 4.69) is 10.4 Å². The number of nitrogens with zero attached hydrogens (tertiary/aromatic N) is 2. The molecule has 0 saturated heterocycles. The number of carbonyl (C=O) groups is 1. The topological polar surface area (TPSA) is 77.1 Å². The Bertz CT molecular complexity index is 1230. The maximum Gasteiger partial charge on any atom is 0.276 e. The molecule has 4 aromatic rings. The molecular weight excluding hydrogens is 374 g/mol. The Morgan fingerprint density at radius 2 is 2.04 bits per heavy atom. The molecule has 1 amide bonds. The Labute approximate surface area is 165 Å². The predicted octanol–water partition coefficient (Wildman–Crippen LogP) is 4.09. The van der Waals surface area contributed by atoms with Gasteiger partial charge in [-0.15, -0.1) is 11.3 Å². The van der Waals surface area contributed by atoms with Crippen LogP contribution in [0.1, 0.15) is 36.6 Å². The van der Waals surface area contributed by atoms with Crippen molar-refractivity contribution >= 4 is 37.4 Å². The molecule has 0 saturated carbocycles. The van der Waals surface area contributed by atoms with E-state index < -0.39 is 6.04 Å². The average molecular weight is 395 g/mol. The molecule has 0 bridgehead atoms. The first-order valence-electron chi connectivity index (χ1n) is 9.23. The molecule has 1 atom stereocenters. The number of rotatable bonds is 5. The lowest BCUT2D eigenvalue weighted by molar-refractivity contribution is -0.125. The molecule has 3 heterocycles. The van der Waals surface area contributed by atoms with Gasteiger partial charge >= 0.3 is 0 Å². The number of aryl methyl sites for hydroxylation is 2. The van der Waals surface area contributed by atoms with Gasteiger partial charge < -0.3 is 9.73 Å². The molecule has 1 aromatic carbocycles. The lowest BCUT2D eigenvalue weighted by Gasteiger charge is -2.17. The van der Waals surface area contributed by atoms with Crippen molar-refractivity contribution in [1.82, 2.24) is 15.1 Å². The minimum Gasteiger partial charge on any atom is -0.465 e. The predicted molar refractivity (Wildman–Crippen MR) is 111 cm³/mol. The molecule has 0 unspecified atom stereocenters. The second kappa shape index (κ2) is 7.24. The van der Waals surface area contributed by atoms with Gasteiger partial charge in [0.05, 0.1) is 22.3 Å². The van der Waals surface area contributed by atoms with Crippen molar-refractivity contribution in [3.63, 3.8) is 0 Å². The molecule has 3 aromatic heterocycles. The van der Waals surface area contributed by atoms with Gasteiger partial charge in [0.15, 0.2) is 0 Å². The highest BCUT2D eigenvalue weighted by molar-refractivity contribution is 7.26.